The van der Waals surface area contributed by atoms with Crippen molar-refractivity contribution in [1.82, 2.24) is 13.5 Å². The summed E-state index contributed by atoms with van der Waals surface area (Å²) in [6.45, 7) is 3.67. The van der Waals surface area contributed by atoms with Crippen LogP contribution in [0.1, 0.15) is 6.92 Å². The molecule has 146 valence electrons. The van der Waals surface area contributed by atoms with Crippen molar-refractivity contribution in [2.75, 3.05) is 45.6 Å². The number of benzene rings is 2. The summed E-state index contributed by atoms with van der Waals surface area (Å²) in [6, 6.07) is 13.4. The van der Waals surface area contributed by atoms with E-state index in [0.717, 1.165) is 16.5 Å². The summed E-state index contributed by atoms with van der Waals surface area (Å²) in [5.41, 5.74) is 0.791. The van der Waals surface area contributed by atoms with Gasteiger partial charge in [0.1, 0.15) is 0 Å². The third-order valence-corrected chi connectivity index (χ3v) is 6.98. The van der Waals surface area contributed by atoms with Gasteiger partial charge in [0, 0.05) is 51.3 Å². The van der Waals surface area contributed by atoms with Crippen molar-refractivity contribution in [3.8, 4) is 0 Å². The molecule has 1 aliphatic rings. The first-order valence-electron chi connectivity index (χ1n) is 9.01. The Kier molecular flexibility index (Phi) is 5.81. The van der Waals surface area contributed by atoms with Gasteiger partial charge in [-0.25, -0.2) is 0 Å². The average Bonchev–Trinajstić information content (AvgIpc) is 2.67. The van der Waals surface area contributed by atoms with E-state index in [9.17, 15) is 13.2 Å². The minimum atomic E-state index is -3.40. The smallest absolute Gasteiger partial charge is 0.281 e. The number of anilines is 1. The van der Waals surface area contributed by atoms with Gasteiger partial charge in [0.25, 0.3) is 10.2 Å². The molecular weight excluding hydrogens is 364 g/mol. The van der Waals surface area contributed by atoms with Crippen LogP contribution in [0, 0.1) is 0 Å². The Balaban J connectivity index is 1.65. The summed E-state index contributed by atoms with van der Waals surface area (Å²) in [4.78, 5) is 14.8. The molecule has 1 atom stereocenters. The summed E-state index contributed by atoms with van der Waals surface area (Å²) >= 11 is 0. The monoisotopic (exact) mass is 390 g/mol. The maximum Gasteiger partial charge on any atom is 0.281 e. The van der Waals surface area contributed by atoms with E-state index in [-0.39, 0.29) is 11.9 Å². The van der Waals surface area contributed by atoms with Crippen LogP contribution in [0.4, 0.5) is 5.69 Å². The topological polar surface area (TPSA) is 73.0 Å². The highest BCUT2D eigenvalue weighted by Crippen LogP contribution is 2.23. The van der Waals surface area contributed by atoms with Gasteiger partial charge < -0.3 is 5.32 Å². The summed E-state index contributed by atoms with van der Waals surface area (Å²) in [5, 5.41) is 5.10. The van der Waals surface area contributed by atoms with E-state index in [2.05, 4.69) is 5.32 Å². The van der Waals surface area contributed by atoms with Gasteiger partial charge in [-0.15, -0.1) is 0 Å². The van der Waals surface area contributed by atoms with Gasteiger partial charge in [-0.2, -0.15) is 17.0 Å². The summed E-state index contributed by atoms with van der Waals surface area (Å²) in [5.74, 6) is -0.0877. The van der Waals surface area contributed by atoms with E-state index in [1.807, 2.05) is 54.3 Å². The molecule has 0 radical (unpaired) electrons. The number of hydrogen-bond donors (Lipinski definition) is 1. The molecule has 1 N–H and O–H groups in total. The molecule has 3 rings (SSSR count). The van der Waals surface area contributed by atoms with Crippen LogP contribution in [0.3, 0.4) is 0 Å². The normalized spacial score (nSPS) is 17.9. The first-order valence-corrected chi connectivity index (χ1v) is 10.4. The zero-order chi connectivity index (χ0) is 19.6. The molecule has 0 aliphatic carbocycles. The quantitative estimate of drug-likeness (QED) is 0.842. The molecule has 1 fully saturated rings. The minimum absolute atomic E-state index is 0.0877. The number of amides is 1. The minimum Gasteiger partial charge on any atom is -0.324 e. The largest absolute Gasteiger partial charge is 0.324 e. The molecule has 27 heavy (non-hydrogen) atoms. The zero-order valence-corrected chi connectivity index (χ0v) is 16.7. The second-order valence-corrected chi connectivity index (χ2v) is 9.06. The maximum absolute atomic E-state index is 12.7. The fraction of sp³-hybridized carbons (Fsp3) is 0.421. The fourth-order valence-corrected chi connectivity index (χ4v) is 4.38. The summed E-state index contributed by atoms with van der Waals surface area (Å²) in [7, 11) is -0.343. The van der Waals surface area contributed by atoms with Crippen molar-refractivity contribution in [1.29, 1.82) is 0 Å². The lowest BCUT2D eigenvalue weighted by Crippen LogP contribution is -2.55. The van der Waals surface area contributed by atoms with E-state index in [4.69, 9.17) is 0 Å². The van der Waals surface area contributed by atoms with Crippen LogP contribution in [0.15, 0.2) is 42.5 Å². The molecule has 0 bridgehead atoms. The van der Waals surface area contributed by atoms with Gasteiger partial charge in [0.2, 0.25) is 5.91 Å². The Morgan fingerprint density at radius 1 is 1.04 bits per heavy atom. The molecule has 1 saturated heterocycles. The average molecular weight is 391 g/mol. The van der Waals surface area contributed by atoms with Crippen molar-refractivity contribution in [2.24, 2.45) is 0 Å². The third-order valence-electron chi connectivity index (χ3n) is 5.04. The second kappa shape index (κ2) is 7.93. The molecule has 0 aromatic heterocycles. The molecule has 1 aliphatic heterocycles. The van der Waals surface area contributed by atoms with Gasteiger partial charge in [-0.3, -0.25) is 9.69 Å². The molecule has 2 aromatic rings. The maximum atomic E-state index is 12.7. The highest BCUT2D eigenvalue weighted by molar-refractivity contribution is 7.86. The van der Waals surface area contributed by atoms with Crippen molar-refractivity contribution in [3.05, 3.63) is 42.5 Å². The zero-order valence-electron chi connectivity index (χ0n) is 15.9. The van der Waals surface area contributed by atoms with Gasteiger partial charge in [-0.1, -0.05) is 36.4 Å². The van der Waals surface area contributed by atoms with E-state index in [0.29, 0.717) is 26.2 Å². The lowest BCUT2D eigenvalue weighted by atomic mass is 10.1. The Morgan fingerprint density at radius 2 is 1.67 bits per heavy atom. The first kappa shape index (κ1) is 19.8. The number of rotatable bonds is 5. The Labute approximate surface area is 160 Å². The van der Waals surface area contributed by atoms with Gasteiger partial charge in [0.05, 0.1) is 6.04 Å². The number of fused-ring (bicyclic) bond motifs is 1. The Morgan fingerprint density at radius 3 is 2.33 bits per heavy atom. The van der Waals surface area contributed by atoms with E-state index < -0.39 is 10.2 Å². The first-order chi connectivity index (χ1) is 12.8. The Bertz CT molecular complexity index is 916. The molecular formula is C19H26N4O3S. The fourth-order valence-electron chi connectivity index (χ4n) is 3.29. The molecule has 8 heteroatoms. The number of nitrogens with zero attached hydrogens (tertiary/aromatic N) is 3. The predicted octanol–water partition coefficient (Wildman–Crippen LogP) is 1.59. The van der Waals surface area contributed by atoms with Crippen LogP contribution in [-0.4, -0.2) is 74.2 Å². The number of carbonyl (C=O) groups excluding carboxylic acids is 1. The molecule has 0 spiro atoms. The van der Waals surface area contributed by atoms with Crippen molar-refractivity contribution >= 4 is 32.6 Å². The predicted molar refractivity (Wildman–Crippen MR) is 108 cm³/mol. The Hall–Kier alpha value is -2.00. The number of carbonyl (C=O) groups is 1. The number of nitrogens with one attached hydrogen (secondary N) is 1. The standard InChI is InChI=1S/C19H26N4O3S/c1-15(22-11-13-23(14-12-22)27(25,26)21(2)3)19(24)20-18-10-6-8-16-7-4-5-9-17(16)18/h4-10,15H,11-14H2,1-3H3,(H,20,24). The molecule has 1 heterocycles. The second-order valence-electron chi connectivity index (χ2n) is 6.92. The number of hydrogen-bond acceptors (Lipinski definition) is 4. The SMILES string of the molecule is CC(C(=O)Nc1cccc2ccccc12)N1CCN(S(=O)(=O)N(C)C)CC1. The third kappa shape index (κ3) is 4.14. The summed E-state index contributed by atoms with van der Waals surface area (Å²) < 4.78 is 27.1. The lowest BCUT2D eigenvalue weighted by molar-refractivity contribution is -0.121. The highest BCUT2D eigenvalue weighted by atomic mass is 32.2. The van der Waals surface area contributed by atoms with E-state index >= 15 is 0 Å². The van der Waals surface area contributed by atoms with Gasteiger partial charge in [0.15, 0.2) is 0 Å². The van der Waals surface area contributed by atoms with Crippen molar-refractivity contribution in [2.45, 2.75) is 13.0 Å². The van der Waals surface area contributed by atoms with Crippen LogP contribution >= 0.6 is 0 Å². The van der Waals surface area contributed by atoms with Crippen LogP contribution < -0.4 is 5.32 Å². The van der Waals surface area contributed by atoms with Crippen molar-refractivity contribution < 1.29 is 13.2 Å². The molecule has 1 unspecified atom stereocenters. The number of piperazine rings is 1. The van der Waals surface area contributed by atoms with Gasteiger partial charge in [-0.05, 0) is 18.4 Å². The van der Waals surface area contributed by atoms with Crippen LogP contribution in [0.5, 0.6) is 0 Å². The van der Waals surface area contributed by atoms with E-state index in [1.54, 1.807) is 0 Å². The molecule has 0 saturated carbocycles. The van der Waals surface area contributed by atoms with Gasteiger partial charge >= 0.3 is 0 Å². The van der Waals surface area contributed by atoms with E-state index in [1.165, 1.54) is 22.7 Å². The summed E-state index contributed by atoms with van der Waals surface area (Å²) in [6.07, 6.45) is 0. The van der Waals surface area contributed by atoms with Crippen LogP contribution in [-0.2, 0) is 15.0 Å². The lowest BCUT2D eigenvalue weighted by Gasteiger charge is -2.37. The van der Waals surface area contributed by atoms with Crippen molar-refractivity contribution in [3.63, 3.8) is 0 Å². The highest BCUT2D eigenvalue weighted by Gasteiger charge is 2.31. The van der Waals surface area contributed by atoms with Crippen LogP contribution in [0.2, 0.25) is 0 Å². The molecule has 1 amide bonds. The van der Waals surface area contributed by atoms with Crippen LogP contribution in [0.25, 0.3) is 10.8 Å². The molecule has 7 nitrogen and oxygen atoms in total. The molecule has 2 aromatic carbocycles.